The number of aryl methyl sites for hydroxylation is 1. The van der Waals surface area contributed by atoms with Crippen molar-refractivity contribution in [3.05, 3.63) is 70.9 Å². The van der Waals surface area contributed by atoms with Gasteiger partial charge in [-0.05, 0) is 39.0 Å². The third kappa shape index (κ3) is 5.77. The van der Waals surface area contributed by atoms with E-state index in [0.717, 1.165) is 23.4 Å². The van der Waals surface area contributed by atoms with Crippen molar-refractivity contribution in [2.75, 3.05) is 11.9 Å². The Balaban J connectivity index is 2.20. The largest absolute Gasteiger partial charge is 0.494 e. The molecule has 0 radical (unpaired) electrons. The molecule has 2 aromatic rings. The van der Waals surface area contributed by atoms with Gasteiger partial charge in [0.05, 0.1) is 23.9 Å². The number of anilines is 1. The molecule has 0 saturated carbocycles. The van der Waals surface area contributed by atoms with Crippen molar-refractivity contribution in [3.8, 4) is 11.8 Å². The average molecular weight is 417 g/mol. The Morgan fingerprint density at radius 1 is 1.27 bits per heavy atom. The predicted octanol–water partition coefficient (Wildman–Crippen LogP) is 5.11. The molecule has 2 rings (SSSR count). The highest BCUT2D eigenvalue weighted by Gasteiger charge is 2.33. The van der Waals surface area contributed by atoms with Crippen molar-refractivity contribution in [1.29, 1.82) is 5.26 Å². The highest BCUT2D eigenvalue weighted by molar-refractivity contribution is 5.97. The number of carbonyl (C=O) groups excluding carboxylic acids is 1. The molecule has 158 valence electrons. The average Bonchev–Trinajstić information content (AvgIpc) is 2.69. The number of ether oxygens (including phenoxy) is 1. The zero-order valence-electron chi connectivity index (χ0n) is 16.8. The van der Waals surface area contributed by atoms with E-state index in [4.69, 9.17) is 4.74 Å². The number of para-hydroxylation sites is 1. The Morgan fingerprint density at radius 2 is 1.97 bits per heavy atom. The van der Waals surface area contributed by atoms with Gasteiger partial charge >= 0.3 is 6.18 Å². The van der Waals surface area contributed by atoms with E-state index < -0.39 is 23.7 Å². The summed E-state index contributed by atoms with van der Waals surface area (Å²) in [6.07, 6.45) is -3.60. The van der Waals surface area contributed by atoms with Crippen LogP contribution in [0.15, 0.2) is 54.2 Å². The van der Waals surface area contributed by atoms with Crippen LogP contribution >= 0.6 is 0 Å². The first-order valence-corrected chi connectivity index (χ1v) is 9.24. The third-order valence-corrected chi connectivity index (χ3v) is 4.25. The molecule has 0 bridgehead atoms. The summed E-state index contributed by atoms with van der Waals surface area (Å²) in [5.74, 6) is -0.110. The topological polar surface area (TPSA) is 74.1 Å². The predicted molar refractivity (Wildman–Crippen MR) is 108 cm³/mol. The molecular weight excluding hydrogens is 395 g/mol. The van der Waals surface area contributed by atoms with E-state index in [-0.39, 0.29) is 11.3 Å². The van der Waals surface area contributed by atoms with Crippen LogP contribution in [0.5, 0.6) is 5.75 Å². The van der Waals surface area contributed by atoms with Crippen LogP contribution in [0.25, 0.3) is 0 Å². The second kappa shape index (κ2) is 9.83. The van der Waals surface area contributed by atoms with Crippen LogP contribution in [0.4, 0.5) is 18.9 Å². The van der Waals surface area contributed by atoms with Gasteiger partial charge in [-0.2, -0.15) is 18.4 Å². The lowest BCUT2D eigenvalue weighted by Gasteiger charge is -2.18. The van der Waals surface area contributed by atoms with E-state index in [1.165, 1.54) is 18.2 Å². The Kier molecular flexibility index (Phi) is 7.48. The number of carbonyl (C=O) groups is 1. The molecule has 1 unspecified atom stereocenters. The number of halogens is 3. The molecule has 0 heterocycles. The lowest BCUT2D eigenvalue weighted by atomic mass is 10.0. The number of hydrogen-bond acceptors (Lipinski definition) is 4. The summed E-state index contributed by atoms with van der Waals surface area (Å²) in [4.78, 5) is 12.5. The number of nitrogens with one attached hydrogen (secondary N) is 2. The minimum Gasteiger partial charge on any atom is -0.494 e. The fourth-order valence-corrected chi connectivity index (χ4v) is 2.80. The van der Waals surface area contributed by atoms with Crippen LogP contribution < -0.4 is 15.4 Å². The smallest absolute Gasteiger partial charge is 0.418 e. The number of benzene rings is 2. The van der Waals surface area contributed by atoms with Crippen LogP contribution in [0.2, 0.25) is 0 Å². The van der Waals surface area contributed by atoms with E-state index in [9.17, 15) is 23.2 Å². The standard InChI is InChI=1S/C22H22F3N3O2/c1-4-30-20-10-9-14(2)11-17(20)15(3)28-21(29)16(12-26)13-27-19-8-6-5-7-18(19)22(23,24)25/h5-11,13,15,27H,4H2,1-3H3,(H,28,29)/b16-13-. The monoisotopic (exact) mass is 417 g/mol. The zero-order valence-corrected chi connectivity index (χ0v) is 16.8. The lowest BCUT2D eigenvalue weighted by Crippen LogP contribution is -2.28. The summed E-state index contributed by atoms with van der Waals surface area (Å²) in [6.45, 7) is 5.92. The maximum Gasteiger partial charge on any atom is 0.418 e. The van der Waals surface area contributed by atoms with Gasteiger partial charge in [0.2, 0.25) is 0 Å². The highest BCUT2D eigenvalue weighted by Crippen LogP contribution is 2.34. The molecule has 0 aliphatic carbocycles. The molecule has 0 aromatic heterocycles. The summed E-state index contributed by atoms with van der Waals surface area (Å²) >= 11 is 0. The van der Waals surface area contributed by atoms with Gasteiger partial charge in [-0.3, -0.25) is 4.79 Å². The molecular formula is C22H22F3N3O2. The maximum absolute atomic E-state index is 13.1. The summed E-state index contributed by atoms with van der Waals surface area (Å²) in [6, 6.07) is 11.6. The highest BCUT2D eigenvalue weighted by atomic mass is 19.4. The molecule has 0 aliphatic rings. The molecule has 1 amide bonds. The lowest BCUT2D eigenvalue weighted by molar-refractivity contribution is -0.136. The Labute approximate surface area is 173 Å². The van der Waals surface area contributed by atoms with E-state index >= 15 is 0 Å². The normalized spacial score (nSPS) is 12.6. The molecule has 2 aromatic carbocycles. The van der Waals surface area contributed by atoms with E-state index in [1.807, 2.05) is 26.0 Å². The zero-order chi connectivity index (χ0) is 22.3. The van der Waals surface area contributed by atoms with Crippen molar-refractivity contribution in [1.82, 2.24) is 5.32 Å². The SMILES string of the molecule is CCOc1ccc(C)cc1C(C)NC(=O)/C(C#N)=C\Nc1ccccc1C(F)(F)F. The molecule has 0 spiro atoms. The van der Waals surface area contributed by atoms with Gasteiger partial charge in [-0.25, -0.2) is 0 Å². The van der Waals surface area contributed by atoms with Gasteiger partial charge in [0.1, 0.15) is 17.4 Å². The van der Waals surface area contributed by atoms with E-state index in [2.05, 4.69) is 10.6 Å². The van der Waals surface area contributed by atoms with E-state index in [0.29, 0.717) is 12.4 Å². The molecule has 0 fully saturated rings. The third-order valence-electron chi connectivity index (χ3n) is 4.25. The second-order valence-electron chi connectivity index (χ2n) is 6.53. The Bertz CT molecular complexity index is 978. The summed E-state index contributed by atoms with van der Waals surface area (Å²) in [5, 5.41) is 14.4. The summed E-state index contributed by atoms with van der Waals surface area (Å²) in [7, 11) is 0. The van der Waals surface area contributed by atoms with Crippen LogP contribution in [0, 0.1) is 18.3 Å². The number of nitriles is 1. The van der Waals surface area contributed by atoms with Crippen molar-refractivity contribution < 1.29 is 22.7 Å². The van der Waals surface area contributed by atoms with Crippen LogP contribution in [0.1, 0.15) is 36.6 Å². The second-order valence-corrected chi connectivity index (χ2v) is 6.53. The van der Waals surface area contributed by atoms with Gasteiger partial charge in [0, 0.05) is 11.8 Å². The van der Waals surface area contributed by atoms with Crippen molar-refractivity contribution >= 4 is 11.6 Å². The molecule has 8 heteroatoms. The molecule has 0 saturated heterocycles. The van der Waals surface area contributed by atoms with Crippen molar-refractivity contribution in [2.24, 2.45) is 0 Å². The van der Waals surface area contributed by atoms with Gasteiger partial charge in [-0.1, -0.05) is 29.8 Å². The van der Waals surface area contributed by atoms with Gasteiger partial charge in [0.15, 0.2) is 0 Å². The number of nitrogens with zero attached hydrogens (tertiary/aromatic N) is 1. The molecule has 0 aliphatic heterocycles. The van der Waals surface area contributed by atoms with Crippen LogP contribution in [0.3, 0.4) is 0 Å². The van der Waals surface area contributed by atoms with Crippen LogP contribution in [-0.4, -0.2) is 12.5 Å². The molecule has 2 N–H and O–H groups in total. The van der Waals surface area contributed by atoms with E-state index in [1.54, 1.807) is 19.1 Å². The molecule has 5 nitrogen and oxygen atoms in total. The van der Waals surface area contributed by atoms with Crippen LogP contribution in [-0.2, 0) is 11.0 Å². The van der Waals surface area contributed by atoms with Crippen molar-refractivity contribution in [2.45, 2.75) is 33.0 Å². The minimum absolute atomic E-state index is 0.254. The van der Waals surface area contributed by atoms with Crippen molar-refractivity contribution in [3.63, 3.8) is 0 Å². The Morgan fingerprint density at radius 3 is 2.60 bits per heavy atom. The molecule has 1 atom stereocenters. The first kappa shape index (κ1) is 22.8. The number of hydrogen-bond donors (Lipinski definition) is 2. The fraction of sp³-hybridized carbons (Fsp3) is 0.273. The maximum atomic E-state index is 13.1. The fourth-order valence-electron chi connectivity index (χ4n) is 2.80. The van der Waals surface area contributed by atoms with Gasteiger partial charge < -0.3 is 15.4 Å². The summed E-state index contributed by atoms with van der Waals surface area (Å²) in [5.41, 5.74) is 0.197. The van der Waals surface area contributed by atoms with Gasteiger partial charge in [0.25, 0.3) is 5.91 Å². The van der Waals surface area contributed by atoms with Gasteiger partial charge in [-0.15, -0.1) is 0 Å². The Hall–Kier alpha value is -3.47. The quantitative estimate of drug-likeness (QED) is 0.485. The number of alkyl halides is 3. The first-order valence-electron chi connectivity index (χ1n) is 9.24. The molecule has 30 heavy (non-hydrogen) atoms. The number of rotatable bonds is 7. The first-order chi connectivity index (χ1) is 14.2. The minimum atomic E-state index is -4.57. The number of amides is 1. The summed E-state index contributed by atoms with van der Waals surface area (Å²) < 4.78 is 44.9.